The predicted molar refractivity (Wildman–Crippen MR) is 117 cm³/mol. The number of rotatable bonds is 6. The second-order valence-corrected chi connectivity index (χ2v) is 9.15. The van der Waals surface area contributed by atoms with Crippen LogP contribution >= 0.6 is 11.8 Å². The predicted octanol–water partition coefficient (Wildman–Crippen LogP) is 5.48. The number of hydrogen-bond acceptors (Lipinski definition) is 5. The van der Waals surface area contributed by atoms with Crippen LogP contribution in [0, 0.1) is 5.82 Å². The van der Waals surface area contributed by atoms with Crippen molar-refractivity contribution >= 4 is 17.7 Å². The van der Waals surface area contributed by atoms with Crippen molar-refractivity contribution < 1.29 is 13.6 Å². The molecule has 0 aliphatic rings. The van der Waals surface area contributed by atoms with E-state index < -0.39 is 0 Å². The minimum Gasteiger partial charge on any atom is -0.411 e. The van der Waals surface area contributed by atoms with Crippen molar-refractivity contribution in [1.29, 1.82) is 0 Å². The molecule has 1 aromatic heterocycles. The average molecular weight is 428 g/mol. The van der Waals surface area contributed by atoms with E-state index in [4.69, 9.17) is 4.42 Å². The van der Waals surface area contributed by atoms with Gasteiger partial charge in [-0.05, 0) is 47.7 Å². The normalized spacial score (nSPS) is 12.6. The van der Waals surface area contributed by atoms with Crippen LogP contribution in [0.2, 0.25) is 0 Å². The molecule has 0 radical (unpaired) electrons. The Bertz CT molecular complexity index is 995. The molecule has 7 heteroatoms. The fraction of sp³-hybridized carbons (Fsp3) is 0.348. The van der Waals surface area contributed by atoms with E-state index in [0.29, 0.717) is 11.1 Å². The molecule has 30 heavy (non-hydrogen) atoms. The molecule has 0 saturated carbocycles. The summed E-state index contributed by atoms with van der Waals surface area (Å²) >= 11 is 1.20. The van der Waals surface area contributed by atoms with Crippen molar-refractivity contribution in [2.45, 2.75) is 44.4 Å². The molecular weight excluding hydrogens is 401 g/mol. The van der Waals surface area contributed by atoms with E-state index in [1.165, 1.54) is 29.5 Å². The number of aromatic nitrogens is 2. The summed E-state index contributed by atoms with van der Waals surface area (Å²) in [6.45, 7) is 8.39. The largest absolute Gasteiger partial charge is 0.411 e. The number of benzene rings is 2. The molecule has 1 amide bonds. The first kappa shape index (κ1) is 22.0. The zero-order valence-electron chi connectivity index (χ0n) is 17.8. The second kappa shape index (κ2) is 9.00. The molecule has 0 bridgehead atoms. The van der Waals surface area contributed by atoms with E-state index in [1.54, 1.807) is 24.1 Å². The van der Waals surface area contributed by atoms with E-state index in [2.05, 4.69) is 43.1 Å². The molecule has 0 aliphatic carbocycles. The molecule has 0 fully saturated rings. The third-order valence-electron chi connectivity index (χ3n) is 5.05. The monoisotopic (exact) mass is 427 g/mol. The first-order valence-corrected chi connectivity index (χ1v) is 10.7. The maximum atomic E-state index is 13.1. The fourth-order valence-electron chi connectivity index (χ4n) is 2.90. The van der Waals surface area contributed by atoms with Crippen molar-refractivity contribution in [2.75, 3.05) is 12.8 Å². The van der Waals surface area contributed by atoms with Crippen molar-refractivity contribution in [3.05, 3.63) is 65.5 Å². The van der Waals surface area contributed by atoms with E-state index in [0.717, 1.165) is 11.1 Å². The van der Waals surface area contributed by atoms with Crippen molar-refractivity contribution in [1.82, 2.24) is 15.1 Å². The molecule has 0 aliphatic heterocycles. The second-order valence-electron chi connectivity index (χ2n) is 8.22. The van der Waals surface area contributed by atoms with Crippen LogP contribution in [0.5, 0.6) is 0 Å². The van der Waals surface area contributed by atoms with Gasteiger partial charge < -0.3 is 9.32 Å². The zero-order chi connectivity index (χ0) is 21.9. The van der Waals surface area contributed by atoms with Crippen LogP contribution in [-0.4, -0.2) is 33.8 Å². The van der Waals surface area contributed by atoms with Gasteiger partial charge in [-0.25, -0.2) is 4.39 Å². The molecule has 2 aromatic carbocycles. The Hall–Kier alpha value is -2.67. The molecule has 1 heterocycles. The summed E-state index contributed by atoms with van der Waals surface area (Å²) in [5.41, 5.74) is 3.02. The summed E-state index contributed by atoms with van der Waals surface area (Å²) in [5.74, 6) is 0.229. The van der Waals surface area contributed by atoms with Crippen LogP contribution in [0.15, 0.2) is 58.2 Å². The van der Waals surface area contributed by atoms with Crippen LogP contribution in [0.3, 0.4) is 0 Å². The van der Waals surface area contributed by atoms with Gasteiger partial charge in [0.25, 0.3) is 5.22 Å². The molecule has 3 rings (SSSR count). The molecule has 5 nitrogen and oxygen atoms in total. The number of thioether (sulfide) groups is 1. The lowest BCUT2D eigenvalue weighted by Crippen LogP contribution is -2.31. The number of amides is 1. The average Bonchev–Trinajstić information content (AvgIpc) is 3.20. The summed E-state index contributed by atoms with van der Waals surface area (Å²) in [5, 5.41) is 8.48. The molecular formula is C23H26FN3O2S. The molecule has 1 unspecified atom stereocenters. The van der Waals surface area contributed by atoms with Crippen LogP contribution in [0.4, 0.5) is 4.39 Å². The number of hydrogen-bond donors (Lipinski definition) is 0. The molecule has 0 spiro atoms. The highest BCUT2D eigenvalue weighted by atomic mass is 32.2. The summed E-state index contributed by atoms with van der Waals surface area (Å²) in [6, 6.07) is 14.0. The summed E-state index contributed by atoms with van der Waals surface area (Å²) in [7, 11) is 1.73. The molecule has 1 atom stereocenters. The maximum absolute atomic E-state index is 13.1. The van der Waals surface area contributed by atoms with Gasteiger partial charge in [0.1, 0.15) is 5.82 Å². The van der Waals surface area contributed by atoms with E-state index in [-0.39, 0.29) is 28.9 Å². The Morgan fingerprint density at radius 1 is 1.10 bits per heavy atom. The fourth-order valence-corrected chi connectivity index (χ4v) is 3.59. The lowest BCUT2D eigenvalue weighted by molar-refractivity contribution is -0.128. The SMILES string of the molecule is CC(c1ccc(F)cc1)N(C)C(=O)CSc1nnc(-c2ccc(C(C)(C)C)cc2)o1. The van der Waals surface area contributed by atoms with Crippen molar-refractivity contribution in [3.63, 3.8) is 0 Å². The standard InChI is InChI=1S/C23H26FN3O2S/c1-15(16-8-12-19(24)13-9-16)27(5)20(28)14-30-22-26-25-21(29-22)17-6-10-18(11-7-17)23(2,3)4/h6-13,15H,14H2,1-5H3. The Balaban J connectivity index is 1.59. The maximum Gasteiger partial charge on any atom is 0.277 e. The smallest absolute Gasteiger partial charge is 0.277 e. The van der Waals surface area contributed by atoms with Gasteiger partial charge in [0.15, 0.2) is 0 Å². The Morgan fingerprint density at radius 3 is 2.33 bits per heavy atom. The summed E-state index contributed by atoms with van der Waals surface area (Å²) in [6.07, 6.45) is 0. The van der Waals surface area contributed by atoms with Gasteiger partial charge in [-0.3, -0.25) is 4.79 Å². The van der Waals surface area contributed by atoms with Crippen LogP contribution in [-0.2, 0) is 10.2 Å². The Kier molecular flexibility index (Phi) is 6.61. The van der Waals surface area contributed by atoms with Gasteiger partial charge in [0.05, 0.1) is 11.8 Å². The minimum absolute atomic E-state index is 0.0752. The number of nitrogens with zero attached hydrogens (tertiary/aromatic N) is 3. The molecule has 0 N–H and O–H groups in total. The molecule has 0 saturated heterocycles. The van der Waals surface area contributed by atoms with Gasteiger partial charge in [0.2, 0.25) is 11.8 Å². The van der Waals surface area contributed by atoms with Gasteiger partial charge in [-0.15, -0.1) is 10.2 Å². The third-order valence-corrected chi connectivity index (χ3v) is 5.85. The Morgan fingerprint density at radius 2 is 1.73 bits per heavy atom. The number of carbonyl (C=O) groups is 1. The van der Waals surface area contributed by atoms with Crippen LogP contribution in [0.1, 0.15) is 44.9 Å². The minimum atomic E-state index is -0.296. The first-order valence-electron chi connectivity index (χ1n) is 9.73. The highest BCUT2D eigenvalue weighted by Crippen LogP contribution is 2.28. The highest BCUT2D eigenvalue weighted by molar-refractivity contribution is 7.99. The van der Waals surface area contributed by atoms with Gasteiger partial charge in [0, 0.05) is 12.6 Å². The summed E-state index contributed by atoms with van der Waals surface area (Å²) in [4.78, 5) is 14.2. The first-order chi connectivity index (χ1) is 14.1. The number of carbonyl (C=O) groups excluding carboxylic acids is 1. The van der Waals surface area contributed by atoms with Crippen molar-refractivity contribution in [3.8, 4) is 11.5 Å². The molecule has 158 valence electrons. The lowest BCUT2D eigenvalue weighted by Gasteiger charge is -2.25. The van der Waals surface area contributed by atoms with Crippen LogP contribution < -0.4 is 0 Å². The van der Waals surface area contributed by atoms with Gasteiger partial charge >= 0.3 is 0 Å². The Labute approximate surface area is 180 Å². The van der Waals surface area contributed by atoms with Gasteiger partial charge in [-0.2, -0.15) is 0 Å². The third kappa shape index (κ3) is 5.27. The van der Waals surface area contributed by atoms with E-state index in [9.17, 15) is 9.18 Å². The molecule has 3 aromatic rings. The van der Waals surface area contributed by atoms with Crippen molar-refractivity contribution in [2.24, 2.45) is 0 Å². The zero-order valence-corrected chi connectivity index (χ0v) is 18.7. The summed E-state index contributed by atoms with van der Waals surface area (Å²) < 4.78 is 18.8. The number of halogens is 1. The van der Waals surface area contributed by atoms with E-state index in [1.807, 2.05) is 19.1 Å². The van der Waals surface area contributed by atoms with Gasteiger partial charge in [-0.1, -0.05) is 56.8 Å². The lowest BCUT2D eigenvalue weighted by atomic mass is 9.87. The van der Waals surface area contributed by atoms with E-state index >= 15 is 0 Å². The van der Waals surface area contributed by atoms with Crippen LogP contribution in [0.25, 0.3) is 11.5 Å². The topological polar surface area (TPSA) is 59.2 Å². The quantitative estimate of drug-likeness (QED) is 0.487. The highest BCUT2D eigenvalue weighted by Gasteiger charge is 2.19.